The third kappa shape index (κ3) is 6.91. The molecule has 0 fully saturated rings. The van der Waals surface area contributed by atoms with E-state index < -0.39 is 35.0 Å². The van der Waals surface area contributed by atoms with Crippen LogP contribution in [0.15, 0.2) is 77.9 Å². The number of phenolic OH excluding ortho intramolecular Hbond substituents is 8. The second kappa shape index (κ2) is 14.2. The fourth-order valence-electron chi connectivity index (χ4n) is 6.66. The number of ketones is 1. The van der Waals surface area contributed by atoms with E-state index in [1.165, 1.54) is 73.9 Å². The standard InChI is InChI=1S/C40H40O10/c1-20(2)5-11-27-31(43)14-13-28(37(27)47)38(48)35-29(26-12-10-25(42)19-33(26)45)15-21(3)16-30(35)36-34(46)17-23(40(50-4)39(36)49)7-6-22-8-9-24(41)18-32(22)44/h5-10,12-14,16-19,29-30,35,41-47,49H,11,15H2,1-4H3/b7-6+. The molecule has 1 aliphatic carbocycles. The van der Waals surface area contributed by atoms with Crippen molar-refractivity contribution < 1.29 is 50.4 Å². The number of carbonyl (C=O) groups is 1. The van der Waals surface area contributed by atoms with Crippen molar-refractivity contribution in [2.75, 3.05) is 7.11 Å². The van der Waals surface area contributed by atoms with Gasteiger partial charge in [0.1, 0.15) is 40.2 Å². The summed E-state index contributed by atoms with van der Waals surface area (Å²) in [5.74, 6) is -5.69. The first-order valence-electron chi connectivity index (χ1n) is 15.9. The topological polar surface area (TPSA) is 188 Å². The van der Waals surface area contributed by atoms with Crippen LogP contribution in [0.25, 0.3) is 12.2 Å². The number of aromatic hydroxyl groups is 8. The zero-order chi connectivity index (χ0) is 36.4. The maximum Gasteiger partial charge on any atom is 0.171 e. The Balaban J connectivity index is 1.70. The largest absolute Gasteiger partial charge is 0.508 e. The van der Waals surface area contributed by atoms with Gasteiger partial charge >= 0.3 is 0 Å². The molecule has 0 heterocycles. The fraction of sp³-hybridized carbons (Fsp3) is 0.225. The van der Waals surface area contributed by atoms with E-state index in [-0.39, 0.29) is 75.3 Å². The lowest BCUT2D eigenvalue weighted by Gasteiger charge is -2.37. The highest BCUT2D eigenvalue weighted by Gasteiger charge is 2.44. The summed E-state index contributed by atoms with van der Waals surface area (Å²) in [6, 6.07) is 12.1. The van der Waals surface area contributed by atoms with Crippen molar-refractivity contribution in [1.82, 2.24) is 0 Å². The van der Waals surface area contributed by atoms with Gasteiger partial charge in [-0.3, -0.25) is 4.79 Å². The summed E-state index contributed by atoms with van der Waals surface area (Å²) < 4.78 is 5.58. The smallest absolute Gasteiger partial charge is 0.171 e. The molecule has 0 radical (unpaired) electrons. The van der Waals surface area contributed by atoms with E-state index in [9.17, 15) is 45.6 Å². The molecule has 0 saturated heterocycles. The van der Waals surface area contributed by atoms with E-state index >= 15 is 0 Å². The van der Waals surface area contributed by atoms with Gasteiger partial charge in [-0.25, -0.2) is 0 Å². The molecule has 1 aliphatic rings. The van der Waals surface area contributed by atoms with Crippen LogP contribution in [0.3, 0.4) is 0 Å². The molecular formula is C40H40O10. The van der Waals surface area contributed by atoms with Crippen molar-refractivity contribution >= 4 is 17.9 Å². The van der Waals surface area contributed by atoms with E-state index in [1.54, 1.807) is 12.2 Å². The van der Waals surface area contributed by atoms with Crippen LogP contribution >= 0.6 is 0 Å². The van der Waals surface area contributed by atoms with Crippen LogP contribution in [0.2, 0.25) is 0 Å². The van der Waals surface area contributed by atoms with Crippen molar-refractivity contribution in [3.05, 3.63) is 111 Å². The van der Waals surface area contributed by atoms with Crippen LogP contribution in [0.1, 0.15) is 77.2 Å². The lowest BCUT2D eigenvalue weighted by Crippen LogP contribution is -2.32. The van der Waals surface area contributed by atoms with Crippen LogP contribution in [0.5, 0.6) is 51.7 Å². The molecule has 0 aromatic heterocycles. The van der Waals surface area contributed by atoms with Crippen molar-refractivity contribution in [2.45, 2.75) is 45.4 Å². The van der Waals surface area contributed by atoms with Gasteiger partial charge in [0.15, 0.2) is 17.3 Å². The molecule has 50 heavy (non-hydrogen) atoms. The summed E-state index contributed by atoms with van der Waals surface area (Å²) in [6.45, 7) is 5.55. The van der Waals surface area contributed by atoms with E-state index in [2.05, 4.69) is 0 Å². The first-order chi connectivity index (χ1) is 23.7. The summed E-state index contributed by atoms with van der Waals surface area (Å²) in [6.07, 6.45) is 6.99. The molecule has 10 nitrogen and oxygen atoms in total. The molecule has 4 aromatic rings. The minimum Gasteiger partial charge on any atom is -0.508 e. The Labute approximate surface area is 289 Å². The van der Waals surface area contributed by atoms with Gasteiger partial charge in [-0.05, 0) is 75.6 Å². The van der Waals surface area contributed by atoms with Gasteiger partial charge < -0.3 is 45.6 Å². The zero-order valence-corrected chi connectivity index (χ0v) is 28.0. The predicted molar refractivity (Wildman–Crippen MR) is 189 cm³/mol. The summed E-state index contributed by atoms with van der Waals surface area (Å²) in [7, 11) is 1.33. The summed E-state index contributed by atoms with van der Waals surface area (Å²) in [5.41, 5.74) is 2.67. The van der Waals surface area contributed by atoms with Gasteiger partial charge in [0.25, 0.3) is 0 Å². The highest BCUT2D eigenvalue weighted by Crippen LogP contribution is 2.55. The Morgan fingerprint density at radius 2 is 1.44 bits per heavy atom. The molecule has 8 N–H and O–H groups in total. The fourth-order valence-corrected chi connectivity index (χ4v) is 6.66. The van der Waals surface area contributed by atoms with E-state index in [0.29, 0.717) is 11.1 Å². The highest BCUT2D eigenvalue weighted by atomic mass is 16.5. The molecule has 260 valence electrons. The number of allylic oxidation sites excluding steroid dienone is 4. The predicted octanol–water partition coefficient (Wildman–Crippen LogP) is 7.74. The molecule has 10 heteroatoms. The van der Waals surface area contributed by atoms with E-state index in [1.807, 2.05) is 20.8 Å². The Hall–Kier alpha value is -6.03. The Bertz CT molecular complexity index is 2050. The number of Topliss-reactive ketones (excluding diaryl/α,β-unsaturated/α-hetero) is 1. The van der Waals surface area contributed by atoms with Crippen LogP contribution in [-0.4, -0.2) is 53.7 Å². The summed E-state index contributed by atoms with van der Waals surface area (Å²) >= 11 is 0. The van der Waals surface area contributed by atoms with Crippen LogP contribution in [-0.2, 0) is 6.42 Å². The molecule has 4 aromatic carbocycles. The molecule has 0 bridgehead atoms. The van der Waals surface area contributed by atoms with E-state index in [0.717, 1.165) is 11.1 Å². The normalized spacial score (nSPS) is 17.4. The van der Waals surface area contributed by atoms with Crippen molar-refractivity contribution in [2.24, 2.45) is 5.92 Å². The minimum absolute atomic E-state index is 0.0318. The quantitative estimate of drug-likeness (QED) is 0.0493. The number of methoxy groups -OCH3 is 1. The number of benzene rings is 4. The van der Waals surface area contributed by atoms with Gasteiger partial charge in [0.05, 0.1) is 12.7 Å². The van der Waals surface area contributed by atoms with E-state index in [4.69, 9.17) is 4.74 Å². The van der Waals surface area contributed by atoms with Gasteiger partial charge in [0, 0.05) is 52.1 Å². The molecule has 0 aliphatic heterocycles. The Morgan fingerprint density at radius 1 is 0.780 bits per heavy atom. The number of hydrogen-bond donors (Lipinski definition) is 8. The maximum absolute atomic E-state index is 14.8. The highest BCUT2D eigenvalue weighted by molar-refractivity contribution is 6.02. The minimum atomic E-state index is -1.13. The second-order valence-electron chi connectivity index (χ2n) is 12.8. The monoisotopic (exact) mass is 680 g/mol. The lowest BCUT2D eigenvalue weighted by atomic mass is 9.65. The number of hydrogen-bond acceptors (Lipinski definition) is 10. The summed E-state index contributed by atoms with van der Waals surface area (Å²) in [4.78, 5) is 14.8. The number of ether oxygens (including phenoxy) is 1. The third-order valence-electron chi connectivity index (χ3n) is 9.07. The number of rotatable bonds is 9. The molecule has 0 amide bonds. The Morgan fingerprint density at radius 3 is 2.08 bits per heavy atom. The van der Waals surface area contributed by atoms with Gasteiger partial charge in [-0.1, -0.05) is 41.5 Å². The number of phenols is 8. The molecule has 0 spiro atoms. The molecule has 3 unspecified atom stereocenters. The van der Waals surface area contributed by atoms with Crippen LogP contribution in [0, 0.1) is 5.92 Å². The Kier molecular flexibility index (Phi) is 10.0. The SMILES string of the molecule is COc1c(/C=C/c2ccc(O)cc2O)cc(O)c(C2C=C(C)CC(c3ccc(O)cc3O)C2C(=O)c2ccc(O)c(CC=C(C)C)c2O)c1O. The van der Waals surface area contributed by atoms with Gasteiger partial charge in [0.2, 0.25) is 0 Å². The first kappa shape index (κ1) is 35.3. The van der Waals surface area contributed by atoms with Crippen LogP contribution in [0.4, 0.5) is 0 Å². The molecule has 3 atom stereocenters. The van der Waals surface area contributed by atoms with Crippen molar-refractivity contribution in [1.29, 1.82) is 0 Å². The van der Waals surface area contributed by atoms with Gasteiger partial charge in [-0.15, -0.1) is 0 Å². The van der Waals surface area contributed by atoms with Crippen molar-refractivity contribution in [3.63, 3.8) is 0 Å². The number of carbonyl (C=O) groups excluding carboxylic acids is 1. The van der Waals surface area contributed by atoms with Crippen LogP contribution < -0.4 is 4.74 Å². The average molecular weight is 681 g/mol. The lowest BCUT2D eigenvalue weighted by molar-refractivity contribution is 0.0876. The van der Waals surface area contributed by atoms with Crippen molar-refractivity contribution in [3.8, 4) is 51.7 Å². The zero-order valence-electron chi connectivity index (χ0n) is 28.0. The second-order valence-corrected chi connectivity index (χ2v) is 12.8. The average Bonchev–Trinajstić information content (AvgIpc) is 3.03. The summed E-state index contributed by atoms with van der Waals surface area (Å²) in [5, 5.41) is 86.2. The molecule has 0 saturated carbocycles. The third-order valence-corrected chi connectivity index (χ3v) is 9.07. The molecule has 5 rings (SSSR count). The van der Waals surface area contributed by atoms with Gasteiger partial charge in [-0.2, -0.15) is 0 Å². The molecular weight excluding hydrogens is 640 g/mol. The maximum atomic E-state index is 14.8. The first-order valence-corrected chi connectivity index (χ1v) is 15.9.